The molecule has 1 aliphatic rings. The summed E-state index contributed by atoms with van der Waals surface area (Å²) in [6.45, 7) is 0. The van der Waals surface area contributed by atoms with E-state index in [9.17, 15) is 0 Å². The van der Waals surface area contributed by atoms with Crippen molar-refractivity contribution in [1.29, 1.82) is 0 Å². The number of hydrogen-bond donors (Lipinski definition) is 0. The van der Waals surface area contributed by atoms with Gasteiger partial charge in [0.05, 0.1) is 0 Å². The first-order valence-electron chi connectivity index (χ1n) is 17.7. The topological polar surface area (TPSA) is 16.4 Å². The highest BCUT2D eigenvalue weighted by Gasteiger charge is 2.19. The minimum Gasteiger partial charge on any atom is -0.456 e. The summed E-state index contributed by atoms with van der Waals surface area (Å²) >= 11 is 1.87. The molecule has 240 valence electrons. The van der Waals surface area contributed by atoms with Crippen LogP contribution in [0.3, 0.4) is 0 Å². The Kier molecular flexibility index (Phi) is 7.06. The van der Waals surface area contributed by atoms with Gasteiger partial charge in [-0.1, -0.05) is 104 Å². The molecule has 2 aromatic heterocycles. The summed E-state index contributed by atoms with van der Waals surface area (Å²) in [5.41, 5.74) is 11.5. The smallest absolute Gasteiger partial charge is 0.136 e. The third-order valence-electron chi connectivity index (χ3n) is 10.7. The van der Waals surface area contributed by atoms with Gasteiger partial charge in [0.25, 0.3) is 0 Å². The Morgan fingerprint density at radius 1 is 0.440 bits per heavy atom. The first-order chi connectivity index (χ1) is 24.7. The lowest BCUT2D eigenvalue weighted by molar-refractivity contribution is 0.669. The second-order valence-corrected chi connectivity index (χ2v) is 14.7. The number of hydrogen-bond acceptors (Lipinski definition) is 3. The molecule has 2 nitrogen and oxygen atoms in total. The summed E-state index contributed by atoms with van der Waals surface area (Å²) in [7, 11) is 0. The maximum Gasteiger partial charge on any atom is 0.136 e. The summed E-state index contributed by atoms with van der Waals surface area (Å²) in [5.74, 6) is 0.693. The van der Waals surface area contributed by atoms with Crippen molar-refractivity contribution in [1.82, 2.24) is 0 Å². The molecule has 0 radical (unpaired) electrons. The van der Waals surface area contributed by atoms with Crippen LogP contribution in [0, 0.1) is 0 Å². The molecule has 1 fully saturated rings. The predicted molar refractivity (Wildman–Crippen MR) is 213 cm³/mol. The van der Waals surface area contributed by atoms with Crippen molar-refractivity contribution in [3.05, 3.63) is 163 Å². The molecule has 3 heteroatoms. The van der Waals surface area contributed by atoms with E-state index in [0.29, 0.717) is 5.92 Å². The molecule has 0 N–H and O–H groups in total. The van der Waals surface area contributed by atoms with E-state index in [1.807, 2.05) is 23.5 Å². The zero-order valence-corrected chi connectivity index (χ0v) is 28.5. The lowest BCUT2D eigenvalue weighted by Gasteiger charge is -2.26. The van der Waals surface area contributed by atoms with E-state index in [-0.39, 0.29) is 0 Å². The van der Waals surface area contributed by atoms with E-state index in [2.05, 4.69) is 150 Å². The minimum absolute atomic E-state index is 0.693. The molecule has 9 aromatic rings. The lowest BCUT2D eigenvalue weighted by atomic mass is 9.97. The van der Waals surface area contributed by atoms with Gasteiger partial charge in [0, 0.05) is 48.0 Å². The van der Waals surface area contributed by atoms with Crippen LogP contribution in [0.25, 0.3) is 64.4 Å². The summed E-state index contributed by atoms with van der Waals surface area (Å²) in [4.78, 5) is 2.38. The van der Waals surface area contributed by atoms with Crippen molar-refractivity contribution in [3.8, 4) is 22.3 Å². The van der Waals surface area contributed by atoms with Gasteiger partial charge in [-0.3, -0.25) is 0 Å². The van der Waals surface area contributed by atoms with Crippen LogP contribution in [0.4, 0.5) is 17.1 Å². The number of benzene rings is 7. The van der Waals surface area contributed by atoms with Crippen LogP contribution < -0.4 is 4.90 Å². The van der Waals surface area contributed by atoms with Crippen LogP contribution in [0.15, 0.2) is 162 Å². The summed E-state index contributed by atoms with van der Waals surface area (Å²) in [6.07, 6.45) is 5.30. The second-order valence-electron chi connectivity index (χ2n) is 13.6. The molecule has 50 heavy (non-hydrogen) atoms. The number of furan rings is 1. The Morgan fingerprint density at radius 3 is 1.66 bits per heavy atom. The van der Waals surface area contributed by atoms with E-state index < -0.39 is 0 Å². The first-order valence-corrected chi connectivity index (χ1v) is 18.5. The van der Waals surface area contributed by atoms with Crippen LogP contribution in [-0.4, -0.2) is 0 Å². The molecular weight excluding hydrogens is 627 g/mol. The largest absolute Gasteiger partial charge is 0.456 e. The van der Waals surface area contributed by atoms with E-state index in [1.54, 1.807) is 0 Å². The Balaban J connectivity index is 1.00. The molecule has 7 aromatic carbocycles. The Morgan fingerprint density at radius 2 is 0.960 bits per heavy atom. The zero-order chi connectivity index (χ0) is 33.0. The third kappa shape index (κ3) is 5.09. The van der Waals surface area contributed by atoms with E-state index in [0.717, 1.165) is 38.9 Å². The van der Waals surface area contributed by atoms with Crippen LogP contribution in [-0.2, 0) is 0 Å². The molecular formula is C47H35NOS. The van der Waals surface area contributed by atoms with Crippen molar-refractivity contribution in [3.63, 3.8) is 0 Å². The summed E-state index contributed by atoms with van der Waals surface area (Å²) < 4.78 is 8.88. The van der Waals surface area contributed by atoms with Crippen molar-refractivity contribution < 1.29 is 4.42 Å². The standard InChI is InChI=1S/C47H35NOS/c1-2-8-31(7-1)32-13-21-37(22-14-32)48(38-23-15-33(16-24-38)35-19-27-41-40-9-3-5-11-44(40)49-45(41)29-35)39-25-17-34(18-26-39)36-20-28-43-42-10-4-6-12-46(42)50-47(43)30-36/h3-6,9-31H,1-2,7-8H2. The fourth-order valence-electron chi connectivity index (χ4n) is 8.02. The highest BCUT2D eigenvalue weighted by atomic mass is 32.1. The van der Waals surface area contributed by atoms with Gasteiger partial charge in [0.15, 0.2) is 0 Å². The highest BCUT2D eigenvalue weighted by molar-refractivity contribution is 7.25. The Bertz CT molecular complexity index is 2480. The van der Waals surface area contributed by atoms with Gasteiger partial charge in [0.2, 0.25) is 0 Å². The summed E-state index contributed by atoms with van der Waals surface area (Å²) in [6, 6.07) is 57.7. The van der Waals surface area contributed by atoms with Gasteiger partial charge in [-0.25, -0.2) is 0 Å². The maximum atomic E-state index is 6.21. The van der Waals surface area contributed by atoms with Crippen LogP contribution in [0.2, 0.25) is 0 Å². The lowest BCUT2D eigenvalue weighted by Crippen LogP contribution is -2.10. The fourth-order valence-corrected chi connectivity index (χ4v) is 9.16. The molecule has 0 saturated heterocycles. The number of fused-ring (bicyclic) bond motifs is 6. The van der Waals surface area contributed by atoms with Gasteiger partial charge in [-0.15, -0.1) is 11.3 Å². The summed E-state index contributed by atoms with van der Waals surface area (Å²) in [5, 5.41) is 4.98. The zero-order valence-electron chi connectivity index (χ0n) is 27.7. The molecule has 0 amide bonds. The quantitative estimate of drug-likeness (QED) is 0.176. The molecule has 0 aliphatic heterocycles. The monoisotopic (exact) mass is 661 g/mol. The molecule has 0 unspecified atom stereocenters. The molecule has 1 aliphatic carbocycles. The van der Waals surface area contributed by atoms with Gasteiger partial charge in [0.1, 0.15) is 11.2 Å². The average Bonchev–Trinajstić information content (AvgIpc) is 3.93. The fraction of sp³-hybridized carbons (Fsp3) is 0.106. The van der Waals surface area contributed by atoms with Crippen molar-refractivity contribution in [2.45, 2.75) is 31.6 Å². The normalized spacial score (nSPS) is 13.6. The molecule has 2 heterocycles. The van der Waals surface area contributed by atoms with Gasteiger partial charge < -0.3 is 9.32 Å². The van der Waals surface area contributed by atoms with Crippen molar-refractivity contribution >= 4 is 70.5 Å². The van der Waals surface area contributed by atoms with E-state index in [4.69, 9.17) is 4.42 Å². The second kappa shape index (κ2) is 12.0. The van der Waals surface area contributed by atoms with E-state index in [1.165, 1.54) is 73.8 Å². The Hall–Kier alpha value is -5.64. The maximum absolute atomic E-state index is 6.21. The minimum atomic E-state index is 0.693. The number of rotatable bonds is 6. The third-order valence-corrected chi connectivity index (χ3v) is 11.8. The number of nitrogens with zero attached hydrogens (tertiary/aromatic N) is 1. The number of para-hydroxylation sites is 1. The van der Waals surface area contributed by atoms with Gasteiger partial charge >= 0.3 is 0 Å². The van der Waals surface area contributed by atoms with Gasteiger partial charge in [-0.2, -0.15) is 0 Å². The average molecular weight is 662 g/mol. The van der Waals surface area contributed by atoms with Crippen molar-refractivity contribution in [2.24, 2.45) is 0 Å². The molecule has 0 bridgehead atoms. The highest BCUT2D eigenvalue weighted by Crippen LogP contribution is 2.41. The van der Waals surface area contributed by atoms with Crippen LogP contribution in [0.1, 0.15) is 37.2 Å². The predicted octanol–water partition coefficient (Wildman–Crippen LogP) is 14.4. The molecule has 0 spiro atoms. The SMILES string of the molecule is c1ccc2c(c1)oc1cc(-c3ccc(N(c4ccc(-c5ccc6c(c5)sc5ccccc56)cc4)c4ccc(C5CCCC5)cc4)cc3)ccc12. The molecule has 1 saturated carbocycles. The molecule has 0 atom stereocenters. The number of thiophene rings is 1. The van der Waals surface area contributed by atoms with Crippen LogP contribution in [0.5, 0.6) is 0 Å². The van der Waals surface area contributed by atoms with Gasteiger partial charge in [-0.05, 0) is 113 Å². The first kappa shape index (κ1) is 29.3. The van der Waals surface area contributed by atoms with Crippen LogP contribution >= 0.6 is 11.3 Å². The molecule has 10 rings (SSSR count). The van der Waals surface area contributed by atoms with Crippen molar-refractivity contribution in [2.75, 3.05) is 4.90 Å². The Labute approximate surface area is 295 Å². The number of anilines is 3. The van der Waals surface area contributed by atoms with E-state index >= 15 is 0 Å².